The van der Waals surface area contributed by atoms with Crippen molar-refractivity contribution in [3.05, 3.63) is 68.6 Å². The van der Waals surface area contributed by atoms with Crippen LogP contribution in [-0.4, -0.2) is 64.2 Å². The molecule has 1 saturated heterocycles. The lowest BCUT2D eigenvalue weighted by molar-refractivity contribution is -0.149. The zero-order valence-electron chi connectivity index (χ0n) is 19.8. The quantitative estimate of drug-likeness (QED) is 0.355. The minimum absolute atomic E-state index is 0.303. The van der Waals surface area contributed by atoms with Gasteiger partial charge in [0.05, 0.1) is 18.1 Å². The lowest BCUT2D eigenvalue weighted by Gasteiger charge is -2.30. The fourth-order valence-corrected chi connectivity index (χ4v) is 7.11. The number of anilines is 1. The van der Waals surface area contributed by atoms with Crippen LogP contribution in [0.5, 0.6) is 11.5 Å². The van der Waals surface area contributed by atoms with E-state index in [0.29, 0.717) is 32.7 Å². The first kappa shape index (κ1) is 25.5. The highest BCUT2D eigenvalue weighted by atomic mass is 32.2. The van der Waals surface area contributed by atoms with Crippen LogP contribution >= 0.6 is 23.1 Å². The number of para-hydroxylation sites is 1. The second-order valence-corrected chi connectivity index (χ2v) is 10.7. The third kappa shape index (κ3) is 4.77. The van der Waals surface area contributed by atoms with Gasteiger partial charge in [0.25, 0.3) is 5.91 Å². The summed E-state index contributed by atoms with van der Waals surface area (Å²) in [6, 6.07) is 13.6. The number of imide groups is 1. The molecule has 3 aromatic rings. The van der Waals surface area contributed by atoms with E-state index in [0.717, 1.165) is 28.0 Å². The van der Waals surface area contributed by atoms with Crippen molar-refractivity contribution in [3.63, 3.8) is 0 Å². The molecule has 11 nitrogen and oxygen atoms in total. The van der Waals surface area contributed by atoms with E-state index in [4.69, 9.17) is 9.47 Å². The number of carboxylic acid groups (broad SMARTS) is 1. The van der Waals surface area contributed by atoms with E-state index < -0.39 is 47.3 Å². The Bertz CT molecular complexity index is 1480. The molecule has 38 heavy (non-hydrogen) atoms. The van der Waals surface area contributed by atoms with Gasteiger partial charge in [-0.1, -0.05) is 41.3 Å². The molecule has 5 rings (SSSR count). The number of ether oxygens (including phenoxy) is 2. The first-order valence-corrected chi connectivity index (χ1v) is 13.1. The standard InChI is InChI=1S/C25H21N3O8S2/c1-35-13-8-6-12(7-9-13)26-16(29)11-36-15-5-3-2-4-14(15)18-19-21(37-22-20(18)38-25(34)27-22)24(33)28(23(19)32)10-17(30)31/h2-9,18-19,21H,10-11H2,1H3,(H,26,29)(H,27,34)(H,30,31)/t18-,19?,21?/m0/s1. The molecule has 2 aliphatic heterocycles. The summed E-state index contributed by atoms with van der Waals surface area (Å²) in [6.07, 6.45) is 0. The number of thioether (sulfide) groups is 1. The van der Waals surface area contributed by atoms with Crippen molar-refractivity contribution in [2.45, 2.75) is 16.2 Å². The lowest BCUT2D eigenvalue weighted by Crippen LogP contribution is -2.36. The number of nitrogens with one attached hydrogen (secondary N) is 2. The minimum atomic E-state index is -1.30. The second-order valence-electron chi connectivity index (χ2n) is 8.51. The number of amides is 3. The maximum Gasteiger partial charge on any atom is 0.323 e. The van der Waals surface area contributed by atoms with E-state index in [9.17, 15) is 29.1 Å². The number of hydrogen-bond acceptors (Lipinski definition) is 9. The average Bonchev–Trinajstić information content (AvgIpc) is 3.38. The molecule has 3 heterocycles. The highest BCUT2D eigenvalue weighted by Gasteiger charge is 2.56. The van der Waals surface area contributed by atoms with Gasteiger partial charge in [-0.2, -0.15) is 0 Å². The van der Waals surface area contributed by atoms with E-state index >= 15 is 0 Å². The van der Waals surface area contributed by atoms with Crippen molar-refractivity contribution in [3.8, 4) is 11.5 Å². The average molecular weight is 556 g/mol. The van der Waals surface area contributed by atoms with Gasteiger partial charge < -0.3 is 24.9 Å². The van der Waals surface area contributed by atoms with E-state index in [1.807, 2.05) is 0 Å². The van der Waals surface area contributed by atoms with Gasteiger partial charge in [-0.25, -0.2) is 0 Å². The maximum atomic E-state index is 13.3. The van der Waals surface area contributed by atoms with Crippen molar-refractivity contribution in [1.29, 1.82) is 0 Å². The third-order valence-electron chi connectivity index (χ3n) is 6.20. The molecule has 1 aromatic heterocycles. The molecule has 3 amide bonds. The van der Waals surface area contributed by atoms with Crippen LogP contribution in [0.25, 0.3) is 0 Å². The summed E-state index contributed by atoms with van der Waals surface area (Å²) >= 11 is 1.98. The van der Waals surface area contributed by atoms with Crippen LogP contribution in [0.2, 0.25) is 0 Å². The largest absolute Gasteiger partial charge is 0.497 e. The zero-order valence-corrected chi connectivity index (χ0v) is 21.5. The van der Waals surface area contributed by atoms with Crippen LogP contribution < -0.4 is 19.7 Å². The van der Waals surface area contributed by atoms with Gasteiger partial charge in [-0.05, 0) is 30.3 Å². The number of methoxy groups -OCH3 is 1. The molecule has 0 saturated carbocycles. The molecule has 1 fully saturated rings. The molecule has 0 spiro atoms. The summed E-state index contributed by atoms with van der Waals surface area (Å²) in [7, 11) is 1.54. The van der Waals surface area contributed by atoms with Crippen LogP contribution in [0.15, 0.2) is 58.4 Å². The smallest absolute Gasteiger partial charge is 0.323 e. The van der Waals surface area contributed by atoms with Crippen molar-refractivity contribution < 1.29 is 33.8 Å². The molecular weight excluding hydrogens is 534 g/mol. The van der Waals surface area contributed by atoms with Crippen molar-refractivity contribution in [1.82, 2.24) is 9.88 Å². The maximum absolute atomic E-state index is 13.3. The van der Waals surface area contributed by atoms with Gasteiger partial charge in [-0.3, -0.25) is 28.9 Å². The number of aliphatic carboxylic acids is 1. The Balaban J connectivity index is 1.43. The van der Waals surface area contributed by atoms with E-state index in [-0.39, 0.29) is 11.5 Å². The van der Waals surface area contributed by atoms with E-state index in [2.05, 4.69) is 10.3 Å². The topological polar surface area (TPSA) is 155 Å². The van der Waals surface area contributed by atoms with Gasteiger partial charge in [0.2, 0.25) is 11.8 Å². The fraction of sp³-hybridized carbons (Fsp3) is 0.240. The van der Waals surface area contributed by atoms with E-state index in [1.165, 1.54) is 0 Å². The molecule has 0 radical (unpaired) electrons. The molecule has 2 aliphatic rings. The summed E-state index contributed by atoms with van der Waals surface area (Å²) in [4.78, 5) is 66.2. The number of likely N-dealkylation sites (tertiary alicyclic amines) is 1. The van der Waals surface area contributed by atoms with Crippen LogP contribution in [-0.2, 0) is 19.2 Å². The van der Waals surface area contributed by atoms with Crippen molar-refractivity contribution >= 4 is 52.5 Å². The molecule has 196 valence electrons. The fourth-order valence-electron chi connectivity index (χ4n) is 4.58. The summed E-state index contributed by atoms with van der Waals surface area (Å²) in [6.45, 7) is -1.08. The molecule has 3 atom stereocenters. The summed E-state index contributed by atoms with van der Waals surface area (Å²) in [5.74, 6) is -3.72. The predicted molar refractivity (Wildman–Crippen MR) is 138 cm³/mol. The number of H-pyrrole nitrogens is 1. The Labute approximate surface area is 223 Å². The Morgan fingerprint density at radius 2 is 1.82 bits per heavy atom. The lowest BCUT2D eigenvalue weighted by atomic mass is 9.82. The first-order chi connectivity index (χ1) is 18.3. The van der Waals surface area contributed by atoms with E-state index in [1.54, 1.807) is 55.6 Å². The second kappa shape index (κ2) is 10.3. The summed E-state index contributed by atoms with van der Waals surface area (Å²) in [5, 5.41) is 11.5. The number of carboxylic acids is 1. The third-order valence-corrected chi connectivity index (χ3v) is 8.60. The molecular formula is C25H21N3O8S2. The van der Waals surface area contributed by atoms with Crippen molar-refractivity contribution in [2.24, 2.45) is 5.92 Å². The number of rotatable bonds is 8. The molecule has 2 unspecified atom stereocenters. The normalized spacial score (nSPS) is 20.0. The van der Waals surface area contributed by atoms with Gasteiger partial charge in [-0.15, -0.1) is 0 Å². The number of carbonyl (C=O) groups is 4. The van der Waals surface area contributed by atoms with Crippen LogP contribution in [0.4, 0.5) is 5.69 Å². The van der Waals surface area contributed by atoms with Gasteiger partial charge >= 0.3 is 10.8 Å². The number of carbonyl (C=O) groups excluding carboxylic acids is 3. The molecule has 3 N–H and O–H groups in total. The first-order valence-electron chi connectivity index (χ1n) is 11.4. The Morgan fingerprint density at radius 3 is 2.53 bits per heavy atom. The minimum Gasteiger partial charge on any atom is -0.497 e. The van der Waals surface area contributed by atoms with Crippen LogP contribution in [0.3, 0.4) is 0 Å². The number of aromatic amines is 1. The Morgan fingerprint density at radius 1 is 1.08 bits per heavy atom. The Kier molecular flexibility index (Phi) is 6.95. The van der Waals surface area contributed by atoms with Gasteiger partial charge in [0, 0.05) is 22.0 Å². The van der Waals surface area contributed by atoms with Crippen molar-refractivity contribution in [2.75, 3.05) is 25.6 Å². The highest BCUT2D eigenvalue weighted by Crippen LogP contribution is 2.53. The molecule has 13 heteroatoms. The summed E-state index contributed by atoms with van der Waals surface area (Å²) in [5.41, 5.74) is 1.06. The number of nitrogens with zero attached hydrogens (tertiary/aromatic N) is 1. The molecule has 2 aromatic carbocycles. The monoisotopic (exact) mass is 555 g/mol. The molecule has 0 bridgehead atoms. The number of aromatic nitrogens is 1. The summed E-state index contributed by atoms with van der Waals surface area (Å²) < 4.78 is 11.0. The number of fused-ring (bicyclic) bond motifs is 2. The number of hydrogen-bond donors (Lipinski definition) is 3. The number of thiazole rings is 1. The number of benzene rings is 2. The van der Waals surface area contributed by atoms with Gasteiger partial charge in [0.1, 0.15) is 23.3 Å². The predicted octanol–water partition coefficient (Wildman–Crippen LogP) is 2.14. The SMILES string of the molecule is COc1ccc(NC(=O)COc2ccccc2[C@@H]2c3sc(=O)[nH]c3SC3C(=O)N(CC(=O)O)C(=O)C32)cc1. The van der Waals surface area contributed by atoms with Crippen LogP contribution in [0, 0.1) is 5.92 Å². The Hall–Kier alpha value is -4.10. The zero-order chi connectivity index (χ0) is 27.0. The van der Waals surface area contributed by atoms with Crippen LogP contribution in [0.1, 0.15) is 16.4 Å². The van der Waals surface area contributed by atoms with Gasteiger partial charge in [0.15, 0.2) is 6.61 Å². The molecule has 0 aliphatic carbocycles. The highest BCUT2D eigenvalue weighted by molar-refractivity contribution is 8.00.